The average molecular weight is 319 g/mol. The summed E-state index contributed by atoms with van der Waals surface area (Å²) in [5, 5.41) is 3.21. The molecule has 2 atom stereocenters. The predicted molar refractivity (Wildman–Crippen MR) is 79.4 cm³/mol. The van der Waals surface area contributed by atoms with Crippen LogP contribution in [0.25, 0.3) is 0 Å². The first kappa shape index (κ1) is 16.7. The highest BCUT2D eigenvalue weighted by molar-refractivity contribution is 7.88. The number of piperidine rings is 1. The van der Waals surface area contributed by atoms with Gasteiger partial charge in [0.05, 0.1) is 25.4 Å². The Kier molecular flexibility index (Phi) is 5.98. The molecule has 2 fully saturated rings. The van der Waals surface area contributed by atoms with Gasteiger partial charge in [0.25, 0.3) is 0 Å². The SMILES string of the molecule is CS(=O)(=O)NCC1CCCCN1C(=O)CC1CNCCO1. The lowest BCUT2D eigenvalue weighted by molar-refractivity contribution is -0.138. The van der Waals surface area contributed by atoms with Crippen LogP contribution in [-0.4, -0.2) is 70.4 Å². The number of hydrogen-bond acceptors (Lipinski definition) is 5. The minimum atomic E-state index is -3.22. The van der Waals surface area contributed by atoms with E-state index in [1.54, 1.807) is 0 Å². The monoisotopic (exact) mass is 319 g/mol. The average Bonchev–Trinajstić information content (AvgIpc) is 2.46. The van der Waals surface area contributed by atoms with Crippen molar-refractivity contribution in [3.05, 3.63) is 0 Å². The normalized spacial score (nSPS) is 27.6. The Morgan fingerprint density at radius 3 is 2.90 bits per heavy atom. The van der Waals surface area contributed by atoms with E-state index in [9.17, 15) is 13.2 Å². The third-order valence-corrected chi connectivity index (χ3v) is 4.63. The molecule has 2 heterocycles. The molecule has 0 spiro atoms. The van der Waals surface area contributed by atoms with Crippen molar-refractivity contribution in [3.8, 4) is 0 Å². The van der Waals surface area contributed by atoms with Gasteiger partial charge in [-0.1, -0.05) is 0 Å². The second-order valence-corrected chi connectivity index (χ2v) is 7.59. The number of nitrogens with one attached hydrogen (secondary N) is 2. The fraction of sp³-hybridized carbons (Fsp3) is 0.923. The van der Waals surface area contributed by atoms with Crippen molar-refractivity contribution in [2.75, 3.05) is 39.0 Å². The van der Waals surface area contributed by atoms with Gasteiger partial charge in [0.2, 0.25) is 15.9 Å². The highest BCUT2D eigenvalue weighted by Gasteiger charge is 2.29. The zero-order valence-electron chi connectivity index (χ0n) is 12.5. The summed E-state index contributed by atoms with van der Waals surface area (Å²) in [6, 6.07) is -0.0440. The number of amides is 1. The van der Waals surface area contributed by atoms with Gasteiger partial charge in [-0.3, -0.25) is 4.79 Å². The van der Waals surface area contributed by atoms with Crippen LogP contribution in [0.1, 0.15) is 25.7 Å². The molecule has 2 N–H and O–H groups in total. The minimum absolute atomic E-state index is 0.0440. The van der Waals surface area contributed by atoms with Gasteiger partial charge in [-0.2, -0.15) is 0 Å². The van der Waals surface area contributed by atoms with Crippen molar-refractivity contribution in [3.63, 3.8) is 0 Å². The zero-order chi connectivity index (χ0) is 15.3. The highest BCUT2D eigenvalue weighted by Crippen LogP contribution is 2.19. The van der Waals surface area contributed by atoms with Gasteiger partial charge >= 0.3 is 0 Å². The van der Waals surface area contributed by atoms with Crippen LogP contribution in [0.15, 0.2) is 0 Å². The van der Waals surface area contributed by atoms with Crippen LogP contribution in [0, 0.1) is 0 Å². The Hall–Kier alpha value is -0.700. The molecule has 0 aliphatic carbocycles. The molecule has 2 rings (SSSR count). The maximum Gasteiger partial charge on any atom is 0.225 e. The van der Waals surface area contributed by atoms with Crippen molar-refractivity contribution in [2.24, 2.45) is 0 Å². The number of likely N-dealkylation sites (tertiary alicyclic amines) is 1. The smallest absolute Gasteiger partial charge is 0.225 e. The van der Waals surface area contributed by atoms with Gasteiger partial charge in [-0.25, -0.2) is 13.1 Å². The summed E-state index contributed by atoms with van der Waals surface area (Å²) >= 11 is 0. The highest BCUT2D eigenvalue weighted by atomic mass is 32.2. The second-order valence-electron chi connectivity index (χ2n) is 5.76. The number of sulfonamides is 1. The van der Waals surface area contributed by atoms with Gasteiger partial charge in [-0.15, -0.1) is 0 Å². The van der Waals surface area contributed by atoms with Gasteiger partial charge in [-0.05, 0) is 19.3 Å². The minimum Gasteiger partial charge on any atom is -0.375 e. The molecule has 8 heteroatoms. The van der Waals surface area contributed by atoms with E-state index in [0.29, 0.717) is 32.7 Å². The first-order chi connectivity index (χ1) is 9.96. The largest absolute Gasteiger partial charge is 0.375 e. The van der Waals surface area contributed by atoms with E-state index in [4.69, 9.17) is 4.74 Å². The number of hydrogen-bond donors (Lipinski definition) is 2. The lowest BCUT2D eigenvalue weighted by Gasteiger charge is -2.37. The summed E-state index contributed by atoms with van der Waals surface area (Å²) in [5.41, 5.74) is 0. The quantitative estimate of drug-likeness (QED) is 0.699. The van der Waals surface area contributed by atoms with Crippen molar-refractivity contribution in [1.29, 1.82) is 0 Å². The molecule has 0 saturated carbocycles. The van der Waals surface area contributed by atoms with Gasteiger partial charge in [0, 0.05) is 32.2 Å². The van der Waals surface area contributed by atoms with Crippen LogP contribution in [0.5, 0.6) is 0 Å². The molecule has 2 unspecified atom stereocenters. The Bertz CT molecular complexity index is 448. The van der Waals surface area contributed by atoms with Crippen molar-refractivity contribution in [1.82, 2.24) is 14.9 Å². The summed E-state index contributed by atoms with van der Waals surface area (Å²) in [6.45, 7) is 3.17. The molecule has 7 nitrogen and oxygen atoms in total. The van der Waals surface area contributed by atoms with E-state index in [-0.39, 0.29) is 18.1 Å². The summed E-state index contributed by atoms with van der Waals surface area (Å²) in [6.07, 6.45) is 4.28. The van der Waals surface area contributed by atoms with Crippen LogP contribution in [0.4, 0.5) is 0 Å². The van der Waals surface area contributed by atoms with Crippen molar-refractivity contribution < 1.29 is 17.9 Å². The van der Waals surface area contributed by atoms with Gasteiger partial charge in [0.15, 0.2) is 0 Å². The molecule has 0 aromatic heterocycles. The first-order valence-electron chi connectivity index (χ1n) is 7.52. The van der Waals surface area contributed by atoms with Crippen LogP contribution < -0.4 is 10.0 Å². The Labute approximate surface area is 126 Å². The maximum atomic E-state index is 12.4. The van der Waals surface area contributed by atoms with E-state index >= 15 is 0 Å². The molecule has 21 heavy (non-hydrogen) atoms. The molecule has 0 aromatic rings. The number of carbonyl (C=O) groups excluding carboxylic acids is 1. The third kappa shape index (κ3) is 5.54. The van der Waals surface area contributed by atoms with E-state index in [2.05, 4.69) is 10.0 Å². The van der Waals surface area contributed by atoms with Crippen LogP contribution in [-0.2, 0) is 19.6 Å². The van der Waals surface area contributed by atoms with E-state index < -0.39 is 10.0 Å². The lowest BCUT2D eigenvalue weighted by Crippen LogP contribution is -2.51. The van der Waals surface area contributed by atoms with Crippen LogP contribution in [0.3, 0.4) is 0 Å². The molecular formula is C13H25N3O4S. The third-order valence-electron chi connectivity index (χ3n) is 3.94. The summed E-state index contributed by atoms with van der Waals surface area (Å²) in [7, 11) is -3.22. The standard InChI is InChI=1S/C13H25N3O4S/c1-21(18,19)15-9-11-4-2-3-6-16(11)13(17)8-12-10-14-5-7-20-12/h11-12,14-15H,2-10H2,1H3. The molecule has 2 saturated heterocycles. The molecule has 122 valence electrons. The fourth-order valence-corrected chi connectivity index (χ4v) is 3.35. The Morgan fingerprint density at radius 2 is 2.24 bits per heavy atom. The number of nitrogens with zero attached hydrogens (tertiary/aromatic N) is 1. The van der Waals surface area contributed by atoms with E-state index in [1.165, 1.54) is 0 Å². The molecule has 1 amide bonds. The van der Waals surface area contributed by atoms with Crippen molar-refractivity contribution >= 4 is 15.9 Å². The van der Waals surface area contributed by atoms with Crippen molar-refractivity contribution in [2.45, 2.75) is 37.8 Å². The Balaban J connectivity index is 1.88. The lowest BCUT2D eigenvalue weighted by atomic mass is 10.0. The number of carbonyl (C=O) groups is 1. The fourth-order valence-electron chi connectivity index (χ4n) is 2.85. The molecular weight excluding hydrogens is 294 g/mol. The summed E-state index contributed by atoms with van der Waals surface area (Å²) in [5.74, 6) is 0.0590. The van der Waals surface area contributed by atoms with Gasteiger partial charge in [0.1, 0.15) is 0 Å². The number of morpholine rings is 1. The second kappa shape index (κ2) is 7.53. The van der Waals surface area contributed by atoms with E-state index in [0.717, 1.165) is 32.1 Å². The summed E-state index contributed by atoms with van der Waals surface area (Å²) < 4.78 is 30.5. The molecule has 0 bridgehead atoms. The Morgan fingerprint density at radius 1 is 1.43 bits per heavy atom. The van der Waals surface area contributed by atoms with E-state index in [1.807, 2.05) is 4.90 Å². The zero-order valence-corrected chi connectivity index (χ0v) is 13.3. The maximum absolute atomic E-state index is 12.4. The topological polar surface area (TPSA) is 87.7 Å². The predicted octanol–water partition coefficient (Wildman–Crippen LogP) is -0.705. The number of rotatable bonds is 5. The van der Waals surface area contributed by atoms with Crippen LogP contribution in [0.2, 0.25) is 0 Å². The van der Waals surface area contributed by atoms with Crippen LogP contribution >= 0.6 is 0 Å². The molecule has 0 radical (unpaired) electrons. The molecule has 2 aliphatic rings. The number of ether oxygens (including phenoxy) is 1. The molecule has 2 aliphatic heterocycles. The molecule has 0 aromatic carbocycles. The van der Waals surface area contributed by atoms with Gasteiger partial charge < -0.3 is 15.0 Å². The summed E-state index contributed by atoms with van der Waals surface area (Å²) in [4.78, 5) is 14.3. The first-order valence-corrected chi connectivity index (χ1v) is 9.41.